The number of fused-ring (bicyclic) bond motifs is 1. The number of nitriles is 1. The maximum atomic E-state index is 13.0. The van der Waals surface area contributed by atoms with Crippen molar-refractivity contribution in [2.24, 2.45) is 0 Å². The molecule has 0 unspecified atom stereocenters. The van der Waals surface area contributed by atoms with Gasteiger partial charge >= 0.3 is 5.97 Å². The maximum absolute atomic E-state index is 13.0. The van der Waals surface area contributed by atoms with Crippen LogP contribution in [0.4, 0.5) is 5.00 Å². The van der Waals surface area contributed by atoms with Gasteiger partial charge in [0, 0.05) is 15.8 Å². The molecule has 0 bridgehead atoms. The number of hydrogen-bond acceptors (Lipinski definition) is 6. The molecule has 3 aromatic rings. The number of ether oxygens (including phenoxy) is 1. The largest absolute Gasteiger partial charge is 0.461 e. The number of nitrogens with zero attached hydrogens (tertiary/aromatic N) is 2. The molecule has 2 aromatic heterocycles. The van der Waals surface area contributed by atoms with Crippen molar-refractivity contribution in [3.8, 4) is 11.8 Å². The van der Waals surface area contributed by atoms with Crippen LogP contribution in [0.5, 0.6) is 0 Å². The standard InChI is InChI=1S/C17H12ClN3O3S/c1-2-24-17(23)14-11(7-19)12-8-25-15(20)13(12)16(22)21(14)10-5-3-4-9(18)6-10/h3-6,8H,2,20H2,1H3. The number of halogens is 1. The number of nitrogen functional groups attached to an aromatic ring is 1. The number of benzene rings is 1. The van der Waals surface area contributed by atoms with Crippen LogP contribution >= 0.6 is 22.9 Å². The highest BCUT2D eigenvalue weighted by atomic mass is 35.5. The van der Waals surface area contributed by atoms with Crippen molar-refractivity contribution in [3.05, 3.63) is 56.3 Å². The van der Waals surface area contributed by atoms with Gasteiger partial charge in [0.1, 0.15) is 6.07 Å². The third-order valence-corrected chi connectivity index (χ3v) is 4.66. The molecule has 2 heterocycles. The first kappa shape index (κ1) is 17.0. The lowest BCUT2D eigenvalue weighted by molar-refractivity contribution is 0.0515. The van der Waals surface area contributed by atoms with Crippen molar-refractivity contribution >= 4 is 44.7 Å². The van der Waals surface area contributed by atoms with E-state index in [9.17, 15) is 14.9 Å². The highest BCUT2D eigenvalue weighted by Gasteiger charge is 2.26. The molecular formula is C17H12ClN3O3S. The predicted octanol–water partition coefficient (Wildman–Crippen LogP) is 3.34. The van der Waals surface area contributed by atoms with Gasteiger partial charge in [0.05, 0.1) is 28.2 Å². The first-order valence-electron chi connectivity index (χ1n) is 7.28. The zero-order valence-corrected chi connectivity index (χ0v) is 14.6. The topological polar surface area (TPSA) is 98.1 Å². The fourth-order valence-corrected chi connectivity index (χ4v) is 3.58. The van der Waals surface area contributed by atoms with Crippen molar-refractivity contribution in [1.82, 2.24) is 4.57 Å². The molecule has 8 heteroatoms. The molecule has 6 nitrogen and oxygen atoms in total. The van der Waals surface area contributed by atoms with Crippen LogP contribution in [-0.4, -0.2) is 17.1 Å². The Morgan fingerprint density at radius 3 is 2.88 bits per heavy atom. The van der Waals surface area contributed by atoms with Gasteiger partial charge in [-0.05, 0) is 25.1 Å². The first-order chi connectivity index (χ1) is 12.0. The summed E-state index contributed by atoms with van der Waals surface area (Å²) in [6.07, 6.45) is 0. The summed E-state index contributed by atoms with van der Waals surface area (Å²) in [6.45, 7) is 1.75. The highest BCUT2D eigenvalue weighted by Crippen LogP contribution is 2.31. The van der Waals surface area contributed by atoms with Crippen LogP contribution in [0.2, 0.25) is 5.02 Å². The van der Waals surface area contributed by atoms with Crippen molar-refractivity contribution in [3.63, 3.8) is 0 Å². The Morgan fingerprint density at radius 2 is 2.24 bits per heavy atom. The fraction of sp³-hybridized carbons (Fsp3) is 0.118. The van der Waals surface area contributed by atoms with Crippen LogP contribution in [0.15, 0.2) is 34.4 Å². The molecule has 0 spiro atoms. The average Bonchev–Trinajstić information content (AvgIpc) is 2.97. The van der Waals surface area contributed by atoms with E-state index in [0.717, 1.165) is 15.9 Å². The smallest absolute Gasteiger partial charge is 0.356 e. The molecule has 0 aliphatic rings. The van der Waals surface area contributed by atoms with Gasteiger partial charge < -0.3 is 10.5 Å². The number of aromatic nitrogens is 1. The molecule has 0 radical (unpaired) electrons. The summed E-state index contributed by atoms with van der Waals surface area (Å²) in [6, 6.07) is 8.43. The van der Waals surface area contributed by atoms with Crippen LogP contribution in [0, 0.1) is 11.3 Å². The van der Waals surface area contributed by atoms with Crippen molar-refractivity contribution in [2.75, 3.05) is 12.3 Å². The lowest BCUT2D eigenvalue weighted by Gasteiger charge is -2.15. The monoisotopic (exact) mass is 373 g/mol. The Bertz CT molecular complexity index is 1090. The zero-order valence-electron chi connectivity index (χ0n) is 13.1. The van der Waals surface area contributed by atoms with E-state index in [1.54, 1.807) is 30.5 Å². The number of anilines is 1. The van der Waals surface area contributed by atoms with Crippen molar-refractivity contribution < 1.29 is 9.53 Å². The van der Waals surface area contributed by atoms with Crippen LogP contribution < -0.4 is 11.3 Å². The van der Waals surface area contributed by atoms with Gasteiger partial charge in [-0.15, -0.1) is 11.3 Å². The van der Waals surface area contributed by atoms with Gasteiger partial charge in [-0.25, -0.2) is 4.79 Å². The molecule has 0 atom stereocenters. The summed E-state index contributed by atoms with van der Waals surface area (Å²) in [5.41, 5.74) is 5.67. The number of thiophene rings is 1. The third kappa shape index (κ3) is 2.76. The number of rotatable bonds is 3. The van der Waals surface area contributed by atoms with Crippen LogP contribution in [0.25, 0.3) is 16.5 Å². The molecule has 3 rings (SSSR count). The second kappa shape index (κ2) is 6.59. The molecular weight excluding hydrogens is 362 g/mol. The summed E-state index contributed by atoms with van der Waals surface area (Å²) < 4.78 is 6.20. The molecule has 0 saturated heterocycles. The lowest BCUT2D eigenvalue weighted by atomic mass is 10.1. The maximum Gasteiger partial charge on any atom is 0.356 e. The summed E-state index contributed by atoms with van der Waals surface area (Å²) >= 11 is 7.16. The van der Waals surface area contributed by atoms with Crippen LogP contribution in [0.1, 0.15) is 23.0 Å². The number of nitrogens with two attached hydrogens (primary N) is 1. The normalized spacial score (nSPS) is 10.6. The molecule has 0 aliphatic heterocycles. The Labute approximate surface area is 151 Å². The van der Waals surface area contributed by atoms with E-state index in [0.29, 0.717) is 16.1 Å². The van der Waals surface area contributed by atoms with Gasteiger partial charge in [-0.3, -0.25) is 9.36 Å². The minimum atomic E-state index is -0.761. The summed E-state index contributed by atoms with van der Waals surface area (Å²) in [5, 5.41) is 12.4. The Morgan fingerprint density at radius 1 is 1.48 bits per heavy atom. The van der Waals surface area contributed by atoms with Crippen molar-refractivity contribution in [1.29, 1.82) is 5.26 Å². The second-order valence-corrected chi connectivity index (χ2v) is 6.41. The minimum Gasteiger partial charge on any atom is -0.461 e. The van der Waals surface area contributed by atoms with E-state index in [1.165, 1.54) is 6.07 Å². The summed E-state index contributed by atoms with van der Waals surface area (Å²) in [5.74, 6) is -0.761. The summed E-state index contributed by atoms with van der Waals surface area (Å²) in [4.78, 5) is 25.6. The van der Waals surface area contributed by atoms with Gasteiger partial charge in [-0.1, -0.05) is 17.7 Å². The molecule has 25 heavy (non-hydrogen) atoms. The molecule has 0 amide bonds. The van der Waals surface area contributed by atoms with Crippen LogP contribution in [0.3, 0.4) is 0 Å². The van der Waals surface area contributed by atoms with E-state index >= 15 is 0 Å². The first-order valence-corrected chi connectivity index (χ1v) is 8.54. The number of esters is 1. The third-order valence-electron chi connectivity index (χ3n) is 3.61. The number of carbonyl (C=O) groups excluding carboxylic acids is 1. The van der Waals surface area contributed by atoms with E-state index in [2.05, 4.69) is 0 Å². The Hall–Kier alpha value is -2.82. The molecule has 1 aromatic carbocycles. The van der Waals surface area contributed by atoms with E-state index in [4.69, 9.17) is 22.1 Å². The van der Waals surface area contributed by atoms with Crippen molar-refractivity contribution in [2.45, 2.75) is 6.92 Å². The Kier molecular flexibility index (Phi) is 4.49. The SMILES string of the molecule is CCOC(=O)c1c(C#N)c2csc(N)c2c(=O)n1-c1cccc(Cl)c1. The molecule has 0 saturated carbocycles. The minimum absolute atomic E-state index is 0.0426. The number of hydrogen-bond donors (Lipinski definition) is 1. The van der Waals surface area contributed by atoms with Gasteiger partial charge in [0.25, 0.3) is 5.56 Å². The van der Waals surface area contributed by atoms with Gasteiger partial charge in [0.15, 0.2) is 5.69 Å². The number of carbonyl (C=O) groups is 1. The average molecular weight is 374 g/mol. The predicted molar refractivity (Wildman–Crippen MR) is 97.5 cm³/mol. The van der Waals surface area contributed by atoms with Gasteiger partial charge in [-0.2, -0.15) is 5.26 Å². The Balaban J connectivity index is 2.53. The molecule has 0 fully saturated rings. The van der Waals surface area contributed by atoms with E-state index in [-0.39, 0.29) is 28.3 Å². The highest BCUT2D eigenvalue weighted by molar-refractivity contribution is 7.15. The fourth-order valence-electron chi connectivity index (χ4n) is 2.60. The quantitative estimate of drug-likeness (QED) is 0.710. The number of pyridine rings is 1. The molecule has 2 N–H and O–H groups in total. The van der Waals surface area contributed by atoms with E-state index in [1.807, 2.05) is 6.07 Å². The van der Waals surface area contributed by atoms with Crippen LogP contribution in [-0.2, 0) is 4.74 Å². The molecule has 126 valence electrons. The van der Waals surface area contributed by atoms with Gasteiger partial charge in [0.2, 0.25) is 0 Å². The van der Waals surface area contributed by atoms with E-state index < -0.39 is 11.5 Å². The second-order valence-electron chi connectivity index (χ2n) is 5.06. The zero-order chi connectivity index (χ0) is 18.1. The summed E-state index contributed by atoms with van der Waals surface area (Å²) in [7, 11) is 0. The molecule has 0 aliphatic carbocycles. The lowest BCUT2D eigenvalue weighted by Crippen LogP contribution is -2.27.